The molecule has 1 atom stereocenters. The Labute approximate surface area is 188 Å². The van der Waals surface area contributed by atoms with Gasteiger partial charge in [0.1, 0.15) is 0 Å². The summed E-state index contributed by atoms with van der Waals surface area (Å²) in [5.74, 6) is -0.251. The Bertz CT molecular complexity index is 1390. The number of para-hydroxylation sites is 1. The minimum atomic E-state index is -0.657. The van der Waals surface area contributed by atoms with Crippen LogP contribution in [0, 0.1) is 0 Å². The van der Waals surface area contributed by atoms with Gasteiger partial charge in [-0.3, -0.25) is 9.36 Å². The van der Waals surface area contributed by atoms with E-state index in [0.29, 0.717) is 38.3 Å². The molecular weight excluding hydrogens is 428 g/mol. The number of esters is 1. The van der Waals surface area contributed by atoms with Crippen LogP contribution in [0.4, 0.5) is 0 Å². The quantitative estimate of drug-likeness (QED) is 0.604. The van der Waals surface area contributed by atoms with E-state index in [4.69, 9.17) is 9.47 Å². The maximum Gasteiger partial charge on any atom is 0.338 e. The Morgan fingerprint density at radius 3 is 2.59 bits per heavy atom. The first-order valence-corrected chi connectivity index (χ1v) is 10.9. The normalized spacial score (nSPS) is 15.8. The van der Waals surface area contributed by atoms with E-state index in [0.717, 1.165) is 5.56 Å². The first kappa shape index (κ1) is 21.6. The highest BCUT2D eigenvalue weighted by molar-refractivity contribution is 7.07. The summed E-state index contributed by atoms with van der Waals surface area (Å²) in [7, 11) is 2.79. The predicted molar refractivity (Wildman–Crippen MR) is 121 cm³/mol. The summed E-state index contributed by atoms with van der Waals surface area (Å²) in [6.45, 7) is 1.91. The van der Waals surface area contributed by atoms with E-state index < -0.39 is 12.0 Å². The Hall–Kier alpha value is -3.65. The third-order valence-corrected chi connectivity index (χ3v) is 6.29. The molecule has 8 heteroatoms. The lowest BCUT2D eigenvalue weighted by Gasteiger charge is -2.25. The number of carbonyl (C=O) groups is 1. The van der Waals surface area contributed by atoms with Gasteiger partial charge >= 0.3 is 5.97 Å². The molecule has 1 N–H and O–H groups in total. The summed E-state index contributed by atoms with van der Waals surface area (Å²) in [5.41, 5.74) is 1.87. The van der Waals surface area contributed by atoms with E-state index in [1.165, 1.54) is 30.1 Å². The lowest BCUT2D eigenvalue weighted by Crippen LogP contribution is -2.40. The molecular formula is C24H22N2O5S. The molecule has 0 fully saturated rings. The fraction of sp³-hybridized carbons (Fsp3) is 0.208. The van der Waals surface area contributed by atoms with Crippen LogP contribution in [0.15, 0.2) is 69.6 Å². The van der Waals surface area contributed by atoms with Gasteiger partial charge in [-0.05, 0) is 24.1 Å². The maximum absolute atomic E-state index is 13.5. The van der Waals surface area contributed by atoms with Crippen LogP contribution >= 0.6 is 11.3 Å². The molecule has 32 heavy (non-hydrogen) atoms. The number of benzene rings is 2. The molecule has 1 aliphatic heterocycles. The molecule has 0 bridgehead atoms. The summed E-state index contributed by atoms with van der Waals surface area (Å²) in [6.07, 6.45) is 2.12. The Balaban J connectivity index is 2.00. The Morgan fingerprint density at radius 2 is 1.94 bits per heavy atom. The van der Waals surface area contributed by atoms with Crippen LogP contribution in [0.3, 0.4) is 0 Å². The lowest BCUT2D eigenvalue weighted by atomic mass is 9.95. The number of aromatic nitrogens is 1. The standard InChI is InChI=1S/C24H22N2O5S/c1-4-16-19(23(29)31-3)20(14-9-6-5-7-10-14)26-22(28)18(32-24(26)25-16)13-15-11-8-12-17(30-2)21(15)27/h5-13,20,27H,4H2,1-3H3/b18-13+/t20-/m0/s1. The Kier molecular flexibility index (Phi) is 5.96. The van der Waals surface area contributed by atoms with Crippen LogP contribution in [0.1, 0.15) is 30.5 Å². The zero-order valence-electron chi connectivity index (χ0n) is 17.9. The van der Waals surface area contributed by atoms with Crippen LogP contribution < -0.4 is 19.6 Å². The smallest absolute Gasteiger partial charge is 0.338 e. The molecule has 4 rings (SSSR count). The van der Waals surface area contributed by atoms with Crippen molar-refractivity contribution in [2.45, 2.75) is 19.4 Å². The number of aromatic hydroxyl groups is 1. The highest BCUT2D eigenvalue weighted by atomic mass is 32.1. The van der Waals surface area contributed by atoms with Crippen molar-refractivity contribution in [1.82, 2.24) is 4.57 Å². The zero-order chi connectivity index (χ0) is 22.8. The first-order chi connectivity index (χ1) is 15.5. The molecule has 0 aliphatic carbocycles. The van der Waals surface area contributed by atoms with E-state index in [9.17, 15) is 14.7 Å². The Morgan fingerprint density at radius 1 is 1.19 bits per heavy atom. The molecule has 0 unspecified atom stereocenters. The molecule has 0 radical (unpaired) electrons. The van der Waals surface area contributed by atoms with Gasteiger partial charge in [-0.2, -0.15) is 0 Å². The minimum absolute atomic E-state index is 0.0510. The second-order valence-corrected chi connectivity index (χ2v) is 8.11. The number of ether oxygens (including phenoxy) is 2. The van der Waals surface area contributed by atoms with Gasteiger partial charge in [0, 0.05) is 5.56 Å². The number of thiazole rings is 1. The maximum atomic E-state index is 13.5. The average Bonchev–Trinajstić information content (AvgIpc) is 3.13. The van der Waals surface area contributed by atoms with Crippen molar-refractivity contribution >= 4 is 23.4 Å². The highest BCUT2D eigenvalue weighted by Gasteiger charge is 2.33. The molecule has 2 aromatic carbocycles. The number of methoxy groups -OCH3 is 2. The van der Waals surface area contributed by atoms with E-state index in [2.05, 4.69) is 4.99 Å². The van der Waals surface area contributed by atoms with Gasteiger partial charge < -0.3 is 14.6 Å². The number of phenols is 1. The molecule has 0 saturated heterocycles. The molecule has 7 nitrogen and oxygen atoms in total. The van der Waals surface area contributed by atoms with Gasteiger partial charge in [0.15, 0.2) is 16.3 Å². The largest absolute Gasteiger partial charge is 0.504 e. The summed E-state index contributed by atoms with van der Waals surface area (Å²) < 4.78 is 12.1. The number of nitrogens with zero attached hydrogens (tertiary/aromatic N) is 2. The van der Waals surface area contributed by atoms with Crippen molar-refractivity contribution < 1.29 is 19.4 Å². The second-order valence-electron chi connectivity index (χ2n) is 7.10. The zero-order valence-corrected chi connectivity index (χ0v) is 18.7. The first-order valence-electron chi connectivity index (χ1n) is 10.0. The molecule has 3 aromatic rings. The molecule has 2 heterocycles. The van der Waals surface area contributed by atoms with Crippen molar-refractivity contribution in [3.05, 3.63) is 90.6 Å². The van der Waals surface area contributed by atoms with Crippen LogP contribution in [0.2, 0.25) is 0 Å². The number of hydrogen-bond acceptors (Lipinski definition) is 7. The van der Waals surface area contributed by atoms with Gasteiger partial charge in [0.05, 0.1) is 36.1 Å². The molecule has 0 spiro atoms. The van der Waals surface area contributed by atoms with Gasteiger partial charge in [0.25, 0.3) is 5.56 Å². The van der Waals surface area contributed by atoms with Crippen molar-refractivity contribution in [3.63, 3.8) is 0 Å². The predicted octanol–water partition coefficient (Wildman–Crippen LogP) is 2.51. The summed E-state index contributed by atoms with van der Waals surface area (Å²) in [5, 5.41) is 10.4. The molecule has 0 saturated carbocycles. The summed E-state index contributed by atoms with van der Waals surface area (Å²) in [6, 6.07) is 13.8. The van der Waals surface area contributed by atoms with Crippen molar-refractivity contribution in [1.29, 1.82) is 0 Å². The van der Waals surface area contributed by atoms with E-state index in [-0.39, 0.29) is 11.3 Å². The number of hydrogen-bond donors (Lipinski definition) is 1. The van der Waals surface area contributed by atoms with Crippen molar-refractivity contribution in [3.8, 4) is 11.5 Å². The SMILES string of the molecule is CCC1=C(C(=O)OC)[C@H](c2ccccc2)n2c(s/c(=C/c3cccc(OC)c3O)c2=O)=N1. The third-order valence-electron chi connectivity index (χ3n) is 5.30. The topological polar surface area (TPSA) is 90.1 Å². The van der Waals surface area contributed by atoms with Crippen molar-refractivity contribution in [2.24, 2.45) is 4.99 Å². The summed E-state index contributed by atoms with van der Waals surface area (Å²) >= 11 is 1.21. The van der Waals surface area contributed by atoms with Crippen LogP contribution in [0.25, 0.3) is 6.08 Å². The number of carbonyl (C=O) groups excluding carboxylic acids is 1. The average molecular weight is 451 g/mol. The molecule has 164 valence electrons. The van der Waals surface area contributed by atoms with Crippen LogP contribution in [-0.4, -0.2) is 29.9 Å². The van der Waals surface area contributed by atoms with Crippen molar-refractivity contribution in [2.75, 3.05) is 14.2 Å². The second kappa shape index (κ2) is 8.84. The fourth-order valence-corrected chi connectivity index (χ4v) is 4.79. The van der Waals surface area contributed by atoms with E-state index in [1.54, 1.807) is 24.3 Å². The lowest BCUT2D eigenvalue weighted by molar-refractivity contribution is -0.136. The van der Waals surface area contributed by atoms with Crippen LogP contribution in [-0.2, 0) is 9.53 Å². The van der Waals surface area contributed by atoms with Crippen LogP contribution in [0.5, 0.6) is 11.5 Å². The molecule has 0 amide bonds. The monoisotopic (exact) mass is 450 g/mol. The van der Waals surface area contributed by atoms with Gasteiger partial charge in [0.2, 0.25) is 0 Å². The number of fused-ring (bicyclic) bond motifs is 1. The number of allylic oxidation sites excluding steroid dienone is 1. The number of phenolic OH excluding ortho intramolecular Hbond substituents is 1. The fourth-order valence-electron chi connectivity index (χ4n) is 3.78. The molecule has 1 aromatic heterocycles. The van der Waals surface area contributed by atoms with Gasteiger partial charge in [-0.1, -0.05) is 60.7 Å². The molecule has 1 aliphatic rings. The van der Waals surface area contributed by atoms with E-state index in [1.807, 2.05) is 37.3 Å². The third kappa shape index (κ3) is 3.62. The van der Waals surface area contributed by atoms with E-state index >= 15 is 0 Å². The highest BCUT2D eigenvalue weighted by Crippen LogP contribution is 2.32. The number of rotatable bonds is 5. The van der Waals surface area contributed by atoms with Gasteiger partial charge in [-0.15, -0.1) is 0 Å². The summed E-state index contributed by atoms with van der Waals surface area (Å²) in [4.78, 5) is 31.4. The minimum Gasteiger partial charge on any atom is -0.504 e. The van der Waals surface area contributed by atoms with Gasteiger partial charge in [-0.25, -0.2) is 9.79 Å².